The third kappa shape index (κ3) is 2.44. The second-order valence-electron chi connectivity index (χ2n) is 4.78. The Balaban J connectivity index is 2.10. The van der Waals surface area contributed by atoms with E-state index in [0.29, 0.717) is 12.0 Å². The molecule has 0 saturated heterocycles. The van der Waals surface area contributed by atoms with Gasteiger partial charge >= 0.3 is 5.97 Å². The van der Waals surface area contributed by atoms with Crippen LogP contribution in [0.1, 0.15) is 36.5 Å². The van der Waals surface area contributed by atoms with Gasteiger partial charge < -0.3 is 10.4 Å². The summed E-state index contributed by atoms with van der Waals surface area (Å²) in [4.78, 5) is 23.3. The molecule has 18 heavy (non-hydrogen) atoms. The zero-order valence-electron chi connectivity index (χ0n) is 9.90. The van der Waals surface area contributed by atoms with E-state index in [-0.39, 0.29) is 11.9 Å². The molecule has 2 rings (SSSR count). The van der Waals surface area contributed by atoms with Gasteiger partial charge in [-0.1, -0.05) is 6.42 Å². The van der Waals surface area contributed by atoms with E-state index in [1.54, 1.807) is 18.4 Å². The molecular weight excluding hydrogens is 318 g/mol. The van der Waals surface area contributed by atoms with Crippen molar-refractivity contribution >= 4 is 39.1 Å². The van der Waals surface area contributed by atoms with Gasteiger partial charge in [-0.15, -0.1) is 11.3 Å². The number of halogens is 1. The Labute approximate surface area is 118 Å². The summed E-state index contributed by atoms with van der Waals surface area (Å²) in [5.74, 6) is -1.03. The number of rotatable bonds is 3. The van der Waals surface area contributed by atoms with E-state index in [0.717, 1.165) is 16.6 Å². The predicted octanol–water partition coefficient (Wildman–Crippen LogP) is 2.88. The van der Waals surface area contributed by atoms with Gasteiger partial charge in [-0.25, -0.2) is 0 Å². The van der Waals surface area contributed by atoms with Crippen molar-refractivity contribution in [1.29, 1.82) is 0 Å². The molecular formula is C12H14BrNO3S. The first-order valence-electron chi connectivity index (χ1n) is 5.72. The highest BCUT2D eigenvalue weighted by Crippen LogP contribution is 2.38. The summed E-state index contributed by atoms with van der Waals surface area (Å²) in [5, 5.41) is 13.9. The Morgan fingerprint density at radius 1 is 1.61 bits per heavy atom. The van der Waals surface area contributed by atoms with Crippen molar-refractivity contribution in [2.75, 3.05) is 0 Å². The highest BCUT2D eigenvalue weighted by Gasteiger charge is 2.45. The second kappa shape index (κ2) is 5.01. The molecule has 0 aromatic carbocycles. The summed E-state index contributed by atoms with van der Waals surface area (Å²) < 4.78 is 0.889. The summed E-state index contributed by atoms with van der Waals surface area (Å²) in [6.45, 7) is 1.71. The van der Waals surface area contributed by atoms with Gasteiger partial charge in [0.2, 0.25) is 0 Å². The smallest absolute Gasteiger partial charge is 0.311 e. The van der Waals surface area contributed by atoms with Crippen molar-refractivity contribution < 1.29 is 14.7 Å². The van der Waals surface area contributed by atoms with Gasteiger partial charge in [0.15, 0.2) is 0 Å². The molecule has 1 fully saturated rings. The van der Waals surface area contributed by atoms with E-state index < -0.39 is 11.4 Å². The molecule has 0 aliphatic heterocycles. The van der Waals surface area contributed by atoms with Crippen LogP contribution in [0.4, 0.5) is 0 Å². The minimum atomic E-state index is -0.844. The predicted molar refractivity (Wildman–Crippen MR) is 72.9 cm³/mol. The quantitative estimate of drug-likeness (QED) is 0.894. The number of aliphatic carboxylic acids is 1. The average molecular weight is 332 g/mol. The van der Waals surface area contributed by atoms with Gasteiger partial charge in [-0.3, -0.25) is 9.59 Å². The molecule has 98 valence electrons. The molecule has 1 amide bonds. The van der Waals surface area contributed by atoms with E-state index in [2.05, 4.69) is 21.2 Å². The number of amides is 1. The summed E-state index contributed by atoms with van der Waals surface area (Å²) in [6, 6.07) is 1.45. The maximum atomic E-state index is 12.0. The monoisotopic (exact) mass is 331 g/mol. The molecule has 4 nitrogen and oxygen atoms in total. The van der Waals surface area contributed by atoms with Crippen LogP contribution in [0, 0.1) is 5.41 Å². The van der Waals surface area contributed by atoms with Gasteiger partial charge in [0.25, 0.3) is 5.91 Å². The average Bonchev–Trinajstić information content (AvgIpc) is 2.87. The molecule has 1 saturated carbocycles. The molecule has 1 aromatic heterocycles. The Hall–Kier alpha value is -0.880. The third-order valence-electron chi connectivity index (χ3n) is 3.58. The normalized spacial score (nSPS) is 27.1. The summed E-state index contributed by atoms with van der Waals surface area (Å²) >= 11 is 4.74. The van der Waals surface area contributed by atoms with Crippen LogP contribution >= 0.6 is 27.3 Å². The topological polar surface area (TPSA) is 66.4 Å². The Morgan fingerprint density at radius 3 is 2.89 bits per heavy atom. The Bertz CT molecular complexity index is 487. The van der Waals surface area contributed by atoms with Crippen molar-refractivity contribution in [3.8, 4) is 0 Å². The lowest BCUT2D eigenvalue weighted by Gasteiger charge is -2.27. The molecule has 0 radical (unpaired) electrons. The van der Waals surface area contributed by atoms with Crippen LogP contribution in [0.3, 0.4) is 0 Å². The minimum absolute atomic E-state index is 0.198. The largest absolute Gasteiger partial charge is 0.481 e. The minimum Gasteiger partial charge on any atom is -0.481 e. The van der Waals surface area contributed by atoms with Gasteiger partial charge in [-0.05, 0) is 41.8 Å². The van der Waals surface area contributed by atoms with Gasteiger partial charge in [0.1, 0.15) is 0 Å². The van der Waals surface area contributed by atoms with Gasteiger partial charge in [0, 0.05) is 11.4 Å². The van der Waals surface area contributed by atoms with E-state index >= 15 is 0 Å². The molecule has 2 atom stereocenters. The summed E-state index contributed by atoms with van der Waals surface area (Å²) in [5.41, 5.74) is -0.269. The van der Waals surface area contributed by atoms with E-state index in [1.807, 2.05) is 0 Å². The van der Waals surface area contributed by atoms with Crippen LogP contribution in [0.2, 0.25) is 0 Å². The lowest BCUT2D eigenvalue weighted by molar-refractivity contribution is -0.148. The zero-order chi connectivity index (χ0) is 13.3. The standard InChI is InChI=1S/C12H14BrNO3S/c1-12(11(16)17)4-2-3-8(12)14-10(15)7-5-9(13)18-6-7/h5-6,8H,2-4H2,1H3,(H,14,15)(H,16,17). The SMILES string of the molecule is CC1(C(=O)O)CCCC1NC(=O)c1csc(Br)c1. The number of hydrogen-bond acceptors (Lipinski definition) is 3. The van der Waals surface area contributed by atoms with Crippen molar-refractivity contribution in [3.05, 3.63) is 20.8 Å². The van der Waals surface area contributed by atoms with Crippen molar-refractivity contribution in [1.82, 2.24) is 5.32 Å². The number of nitrogens with one attached hydrogen (secondary N) is 1. The number of carboxylic acids is 1. The molecule has 0 spiro atoms. The molecule has 0 bridgehead atoms. The number of thiophene rings is 1. The van der Waals surface area contributed by atoms with Crippen LogP contribution in [0.5, 0.6) is 0 Å². The highest BCUT2D eigenvalue weighted by atomic mass is 79.9. The van der Waals surface area contributed by atoms with Crippen LogP contribution in [-0.2, 0) is 4.79 Å². The summed E-state index contributed by atoms with van der Waals surface area (Å²) in [7, 11) is 0. The number of hydrogen-bond donors (Lipinski definition) is 2. The van der Waals surface area contributed by atoms with Crippen LogP contribution in [0.15, 0.2) is 15.2 Å². The fourth-order valence-corrected chi connectivity index (χ4v) is 3.46. The van der Waals surface area contributed by atoms with Crippen LogP contribution < -0.4 is 5.32 Å². The molecule has 1 heterocycles. The van der Waals surface area contributed by atoms with E-state index in [4.69, 9.17) is 0 Å². The van der Waals surface area contributed by atoms with Crippen molar-refractivity contribution in [2.45, 2.75) is 32.2 Å². The molecule has 2 unspecified atom stereocenters. The number of carbonyl (C=O) groups excluding carboxylic acids is 1. The molecule has 6 heteroatoms. The first-order valence-corrected chi connectivity index (χ1v) is 7.39. The lowest BCUT2D eigenvalue weighted by Crippen LogP contribution is -2.46. The second-order valence-corrected chi connectivity index (χ2v) is 7.07. The van der Waals surface area contributed by atoms with Gasteiger partial charge in [-0.2, -0.15) is 0 Å². The maximum absolute atomic E-state index is 12.0. The van der Waals surface area contributed by atoms with Crippen molar-refractivity contribution in [2.24, 2.45) is 5.41 Å². The first-order chi connectivity index (χ1) is 8.43. The Kier molecular flexibility index (Phi) is 3.77. The summed E-state index contributed by atoms with van der Waals surface area (Å²) in [6.07, 6.45) is 2.17. The first kappa shape index (κ1) is 13.5. The van der Waals surface area contributed by atoms with Gasteiger partial charge in [0.05, 0.1) is 14.8 Å². The van der Waals surface area contributed by atoms with E-state index in [9.17, 15) is 14.7 Å². The van der Waals surface area contributed by atoms with Crippen LogP contribution in [0.25, 0.3) is 0 Å². The van der Waals surface area contributed by atoms with Crippen LogP contribution in [-0.4, -0.2) is 23.0 Å². The van der Waals surface area contributed by atoms with E-state index in [1.165, 1.54) is 11.3 Å². The zero-order valence-corrected chi connectivity index (χ0v) is 12.3. The molecule has 1 aliphatic rings. The lowest BCUT2D eigenvalue weighted by atomic mass is 9.85. The Morgan fingerprint density at radius 2 is 2.33 bits per heavy atom. The number of carboxylic acid groups (broad SMARTS) is 1. The van der Waals surface area contributed by atoms with Crippen molar-refractivity contribution in [3.63, 3.8) is 0 Å². The molecule has 2 N–H and O–H groups in total. The number of carbonyl (C=O) groups is 2. The molecule has 1 aliphatic carbocycles. The maximum Gasteiger partial charge on any atom is 0.311 e. The molecule has 1 aromatic rings. The highest BCUT2D eigenvalue weighted by molar-refractivity contribution is 9.11. The fraction of sp³-hybridized carbons (Fsp3) is 0.500. The fourth-order valence-electron chi connectivity index (χ4n) is 2.32. The third-order valence-corrected chi connectivity index (χ3v) is 5.09.